The third kappa shape index (κ3) is 4.37. The average molecular weight is 372 g/mol. The van der Waals surface area contributed by atoms with Gasteiger partial charge in [-0.3, -0.25) is 5.32 Å². The first kappa shape index (κ1) is 17.9. The number of benzene rings is 1. The second-order valence-corrected chi connectivity index (χ2v) is 7.73. The molecule has 0 saturated heterocycles. The van der Waals surface area contributed by atoms with Gasteiger partial charge in [0.25, 0.3) is 0 Å². The molecule has 136 valence electrons. The summed E-state index contributed by atoms with van der Waals surface area (Å²) in [6.45, 7) is 7.39. The molecule has 26 heavy (non-hydrogen) atoms. The first-order valence-corrected chi connectivity index (χ1v) is 8.78. The molecule has 0 bridgehead atoms. The van der Waals surface area contributed by atoms with Crippen LogP contribution < -0.4 is 16.4 Å². The maximum Gasteiger partial charge on any atom is 0.412 e. The van der Waals surface area contributed by atoms with Gasteiger partial charge in [0.1, 0.15) is 11.1 Å². The van der Waals surface area contributed by atoms with Crippen LogP contribution in [0.1, 0.15) is 26.3 Å². The second kappa shape index (κ2) is 6.75. The van der Waals surface area contributed by atoms with Crippen molar-refractivity contribution in [2.24, 2.45) is 0 Å². The van der Waals surface area contributed by atoms with Crippen LogP contribution in [0.15, 0.2) is 24.4 Å². The summed E-state index contributed by atoms with van der Waals surface area (Å²) in [6, 6.07) is 5.49. The lowest BCUT2D eigenvalue weighted by molar-refractivity contribution is 0.0636. The summed E-state index contributed by atoms with van der Waals surface area (Å²) in [7, 11) is 0. The number of rotatable bonds is 3. The van der Waals surface area contributed by atoms with Crippen molar-refractivity contribution in [3.05, 3.63) is 30.0 Å². The molecule has 3 rings (SSSR count). The first-order chi connectivity index (χ1) is 12.2. The molecule has 0 aliphatic rings. The van der Waals surface area contributed by atoms with Crippen LogP contribution in [-0.4, -0.2) is 26.6 Å². The number of nitrogens with zero attached hydrogens (tertiary/aromatic N) is 3. The Morgan fingerprint density at radius 3 is 2.77 bits per heavy atom. The number of nitrogens with one attached hydrogen (secondary N) is 2. The predicted molar refractivity (Wildman–Crippen MR) is 104 cm³/mol. The summed E-state index contributed by atoms with van der Waals surface area (Å²) in [5.41, 5.74) is 8.16. The Morgan fingerprint density at radius 2 is 2.04 bits per heavy atom. The number of carbonyl (C=O) groups is 1. The van der Waals surface area contributed by atoms with Gasteiger partial charge < -0.3 is 15.8 Å². The molecule has 3 aromatic rings. The number of hydrogen-bond donors (Lipinski definition) is 3. The van der Waals surface area contributed by atoms with Gasteiger partial charge in [-0.2, -0.15) is 4.98 Å². The minimum absolute atomic E-state index is 0.429. The van der Waals surface area contributed by atoms with Crippen LogP contribution in [0.4, 0.5) is 27.2 Å². The van der Waals surface area contributed by atoms with Gasteiger partial charge in [-0.25, -0.2) is 14.8 Å². The number of carbonyl (C=O) groups excluding carboxylic acids is 1. The highest BCUT2D eigenvalue weighted by atomic mass is 32.1. The summed E-state index contributed by atoms with van der Waals surface area (Å²) in [4.78, 5) is 25.4. The first-order valence-electron chi connectivity index (χ1n) is 7.96. The van der Waals surface area contributed by atoms with E-state index in [4.69, 9.17) is 10.5 Å². The SMILES string of the molecule is Cc1ccc(NC(=O)OC(C)(C)C)cc1Nc1ncc2nc(N)sc2n1. The van der Waals surface area contributed by atoms with Gasteiger partial charge in [0.2, 0.25) is 5.95 Å². The van der Waals surface area contributed by atoms with E-state index in [-0.39, 0.29) is 0 Å². The van der Waals surface area contributed by atoms with E-state index in [1.807, 2.05) is 33.8 Å². The molecule has 0 spiro atoms. The zero-order valence-electron chi connectivity index (χ0n) is 15.0. The Morgan fingerprint density at radius 1 is 1.27 bits per heavy atom. The lowest BCUT2D eigenvalue weighted by Gasteiger charge is -2.20. The number of thiazole rings is 1. The lowest BCUT2D eigenvalue weighted by Crippen LogP contribution is -2.27. The molecule has 0 aliphatic carbocycles. The molecule has 0 atom stereocenters. The summed E-state index contributed by atoms with van der Waals surface area (Å²) in [5.74, 6) is 0.429. The van der Waals surface area contributed by atoms with Crippen molar-refractivity contribution in [3.63, 3.8) is 0 Å². The largest absolute Gasteiger partial charge is 0.444 e. The van der Waals surface area contributed by atoms with E-state index in [2.05, 4.69) is 25.6 Å². The molecule has 1 amide bonds. The predicted octanol–water partition coefficient (Wildman–Crippen LogP) is 4.07. The third-order valence-electron chi connectivity index (χ3n) is 3.30. The topological polar surface area (TPSA) is 115 Å². The Hall–Kier alpha value is -2.94. The third-order valence-corrected chi connectivity index (χ3v) is 4.09. The minimum atomic E-state index is -0.560. The van der Waals surface area contributed by atoms with Gasteiger partial charge in [-0.15, -0.1) is 0 Å². The maximum absolute atomic E-state index is 11.9. The molecule has 9 heteroatoms. The Balaban J connectivity index is 1.79. The van der Waals surface area contributed by atoms with Crippen LogP contribution in [0.2, 0.25) is 0 Å². The number of aryl methyl sites for hydroxylation is 1. The van der Waals surface area contributed by atoms with E-state index in [1.165, 1.54) is 11.3 Å². The van der Waals surface area contributed by atoms with Crippen LogP contribution in [0.3, 0.4) is 0 Å². The number of hydrogen-bond acceptors (Lipinski definition) is 8. The van der Waals surface area contributed by atoms with E-state index >= 15 is 0 Å². The van der Waals surface area contributed by atoms with Gasteiger partial charge in [0.05, 0.1) is 6.20 Å². The van der Waals surface area contributed by atoms with E-state index < -0.39 is 11.7 Å². The van der Waals surface area contributed by atoms with E-state index in [0.717, 1.165) is 11.3 Å². The molecule has 1 aromatic carbocycles. The number of amides is 1. The highest BCUT2D eigenvalue weighted by molar-refractivity contribution is 7.21. The van der Waals surface area contributed by atoms with Crippen LogP contribution in [0, 0.1) is 6.92 Å². The Labute approximate surface area is 154 Å². The number of anilines is 4. The van der Waals surface area contributed by atoms with Crippen molar-refractivity contribution in [2.45, 2.75) is 33.3 Å². The summed E-state index contributed by atoms with van der Waals surface area (Å²) in [5, 5.41) is 6.33. The van der Waals surface area contributed by atoms with Crippen molar-refractivity contribution >= 4 is 50.2 Å². The average Bonchev–Trinajstić information content (AvgIpc) is 2.88. The van der Waals surface area contributed by atoms with Crippen LogP contribution in [-0.2, 0) is 4.74 Å². The van der Waals surface area contributed by atoms with Crippen molar-refractivity contribution in [1.82, 2.24) is 15.0 Å². The van der Waals surface area contributed by atoms with Crippen LogP contribution in [0.5, 0.6) is 0 Å². The van der Waals surface area contributed by atoms with Crippen LogP contribution >= 0.6 is 11.3 Å². The Bertz CT molecular complexity index is 964. The zero-order valence-corrected chi connectivity index (χ0v) is 15.8. The molecule has 0 aliphatic heterocycles. The monoisotopic (exact) mass is 372 g/mol. The fourth-order valence-electron chi connectivity index (χ4n) is 2.19. The number of nitrogen functional groups attached to an aromatic ring is 1. The fourth-order valence-corrected chi connectivity index (χ4v) is 2.87. The Kier molecular flexibility index (Phi) is 4.64. The van der Waals surface area contributed by atoms with E-state index in [9.17, 15) is 4.79 Å². The molecule has 8 nitrogen and oxygen atoms in total. The molecule has 2 heterocycles. The number of nitrogens with two attached hydrogens (primary N) is 1. The van der Waals surface area contributed by atoms with E-state index in [0.29, 0.717) is 27.1 Å². The van der Waals surface area contributed by atoms with Crippen molar-refractivity contribution in [3.8, 4) is 0 Å². The standard InChI is InChI=1S/C17H20N6O2S/c1-9-5-6-10(20-16(24)25-17(2,3)4)7-11(9)22-15-19-8-12-13(23-15)26-14(18)21-12/h5-8H,1-4H3,(H2,18,21)(H,20,24)(H,19,22,23). The van der Waals surface area contributed by atoms with Crippen LogP contribution in [0.25, 0.3) is 10.3 Å². The molecular formula is C17H20N6O2S. The van der Waals surface area contributed by atoms with Gasteiger partial charge in [0.15, 0.2) is 9.96 Å². The highest BCUT2D eigenvalue weighted by Gasteiger charge is 2.16. The second-order valence-electron chi connectivity index (χ2n) is 6.72. The summed E-state index contributed by atoms with van der Waals surface area (Å²) < 4.78 is 5.27. The fraction of sp³-hybridized carbons (Fsp3) is 0.294. The van der Waals surface area contributed by atoms with E-state index in [1.54, 1.807) is 18.3 Å². The molecule has 0 saturated carbocycles. The molecular weight excluding hydrogens is 352 g/mol. The number of fused-ring (bicyclic) bond motifs is 1. The van der Waals surface area contributed by atoms with Crippen molar-refractivity contribution in [2.75, 3.05) is 16.4 Å². The van der Waals surface area contributed by atoms with Gasteiger partial charge >= 0.3 is 6.09 Å². The van der Waals surface area contributed by atoms with Gasteiger partial charge in [-0.1, -0.05) is 17.4 Å². The minimum Gasteiger partial charge on any atom is -0.444 e. The maximum atomic E-state index is 11.9. The highest BCUT2D eigenvalue weighted by Crippen LogP contribution is 2.26. The zero-order chi connectivity index (χ0) is 18.9. The smallest absolute Gasteiger partial charge is 0.412 e. The number of ether oxygens (including phenoxy) is 1. The molecule has 2 aromatic heterocycles. The summed E-state index contributed by atoms with van der Waals surface area (Å²) in [6.07, 6.45) is 1.11. The lowest BCUT2D eigenvalue weighted by atomic mass is 10.2. The van der Waals surface area contributed by atoms with Crippen molar-refractivity contribution in [1.29, 1.82) is 0 Å². The quantitative estimate of drug-likeness (QED) is 0.635. The summed E-state index contributed by atoms with van der Waals surface area (Å²) >= 11 is 1.30. The van der Waals surface area contributed by atoms with Gasteiger partial charge in [-0.05, 0) is 45.4 Å². The molecule has 0 unspecified atom stereocenters. The van der Waals surface area contributed by atoms with Gasteiger partial charge in [0, 0.05) is 11.4 Å². The normalized spacial score (nSPS) is 11.4. The number of aromatic nitrogens is 3. The molecule has 4 N–H and O–H groups in total. The molecule has 0 fully saturated rings. The molecule has 0 radical (unpaired) electrons. The van der Waals surface area contributed by atoms with Crippen molar-refractivity contribution < 1.29 is 9.53 Å².